The summed E-state index contributed by atoms with van der Waals surface area (Å²) in [5.41, 5.74) is 6.06. The summed E-state index contributed by atoms with van der Waals surface area (Å²) in [6.07, 6.45) is 4.07. The van der Waals surface area contributed by atoms with E-state index >= 15 is 0 Å². The number of benzene rings is 1. The number of nitrogens with zero attached hydrogens (tertiary/aromatic N) is 3. The van der Waals surface area contributed by atoms with Gasteiger partial charge in [-0.25, -0.2) is 0 Å². The summed E-state index contributed by atoms with van der Waals surface area (Å²) >= 11 is -0.790. The van der Waals surface area contributed by atoms with E-state index in [-0.39, 0.29) is 0 Å². The van der Waals surface area contributed by atoms with Crippen LogP contribution in [0.1, 0.15) is 97.6 Å². The van der Waals surface area contributed by atoms with Crippen LogP contribution < -0.4 is 3.86 Å². The molecular formula is C27H43ClGeN3P. The number of para-hydroxylation sites is 1. The number of hydrogen-bond donors (Lipinski definition) is 0. The summed E-state index contributed by atoms with van der Waals surface area (Å²) in [6.45, 7) is 21.3. The van der Waals surface area contributed by atoms with Gasteiger partial charge in [-0.1, -0.05) is 0 Å². The molecule has 2 radical (unpaired) electrons. The van der Waals surface area contributed by atoms with Crippen molar-refractivity contribution in [1.29, 1.82) is 0 Å². The fraction of sp³-hybridized carbons (Fsp3) is 0.704. The molecule has 1 aromatic rings. The van der Waals surface area contributed by atoms with Crippen LogP contribution in [-0.2, 0) is 0 Å². The van der Waals surface area contributed by atoms with Crippen molar-refractivity contribution < 1.29 is 0 Å². The van der Waals surface area contributed by atoms with E-state index in [9.17, 15) is 0 Å². The number of hydrogen-bond acceptors (Lipinski definition) is 3. The van der Waals surface area contributed by atoms with Crippen molar-refractivity contribution in [2.45, 2.75) is 98.6 Å². The second kappa shape index (κ2) is 10.5. The Hall–Kier alpha value is -0.0571. The van der Waals surface area contributed by atoms with Crippen LogP contribution >= 0.6 is 18.2 Å². The van der Waals surface area contributed by atoms with Gasteiger partial charge in [-0.15, -0.1) is 0 Å². The van der Waals surface area contributed by atoms with Crippen LogP contribution in [0.2, 0.25) is 0 Å². The van der Waals surface area contributed by atoms with Crippen LogP contribution in [0.4, 0.5) is 5.69 Å². The van der Waals surface area contributed by atoms with Gasteiger partial charge in [0.15, 0.2) is 0 Å². The maximum atomic E-state index is 7.04. The predicted molar refractivity (Wildman–Crippen MR) is 147 cm³/mol. The minimum atomic E-state index is -0.790. The zero-order chi connectivity index (χ0) is 24.0. The van der Waals surface area contributed by atoms with E-state index in [0.29, 0.717) is 29.8 Å². The van der Waals surface area contributed by atoms with Crippen molar-refractivity contribution in [2.24, 2.45) is 11.8 Å². The third-order valence-electron chi connectivity index (χ3n) is 7.81. The van der Waals surface area contributed by atoms with Crippen molar-refractivity contribution in [3.8, 4) is 0 Å². The topological polar surface area (TPSA) is 9.72 Å². The molecule has 2 bridgehead atoms. The Labute approximate surface area is 215 Å². The van der Waals surface area contributed by atoms with E-state index in [0.717, 1.165) is 5.92 Å². The summed E-state index contributed by atoms with van der Waals surface area (Å²) in [6, 6.07) is 8.14. The van der Waals surface area contributed by atoms with Crippen molar-refractivity contribution in [3.05, 3.63) is 40.3 Å². The number of halogens is 1. The Bertz CT molecular complexity index is 842. The van der Waals surface area contributed by atoms with E-state index < -0.39 is 22.9 Å². The number of allylic oxidation sites excluding steroid dienone is 2. The van der Waals surface area contributed by atoms with Crippen molar-refractivity contribution in [1.82, 2.24) is 9.34 Å². The van der Waals surface area contributed by atoms with E-state index in [4.69, 9.17) is 10.0 Å². The molecule has 3 nitrogen and oxygen atoms in total. The summed E-state index contributed by atoms with van der Waals surface area (Å²) in [7, 11) is 6.62. The van der Waals surface area contributed by atoms with Gasteiger partial charge < -0.3 is 0 Å². The fourth-order valence-electron chi connectivity index (χ4n) is 6.21. The first-order valence-corrected chi connectivity index (χ1v) is 18.0. The molecule has 0 aromatic heterocycles. The number of rotatable bonds is 8. The van der Waals surface area contributed by atoms with Gasteiger partial charge in [0, 0.05) is 0 Å². The molecule has 2 fully saturated rings. The Morgan fingerprint density at radius 1 is 0.879 bits per heavy atom. The number of anilines is 1. The molecule has 1 saturated carbocycles. The third kappa shape index (κ3) is 4.71. The summed E-state index contributed by atoms with van der Waals surface area (Å²) < 4.78 is 8.36. The molecular weight excluding hydrogens is 505 g/mol. The summed E-state index contributed by atoms with van der Waals surface area (Å²) in [5, 5.41) is 1.79. The molecule has 33 heavy (non-hydrogen) atoms. The van der Waals surface area contributed by atoms with Crippen LogP contribution in [0.3, 0.4) is 0 Å². The predicted octanol–water partition coefficient (Wildman–Crippen LogP) is 7.90. The molecule has 0 unspecified atom stereocenters. The van der Waals surface area contributed by atoms with Gasteiger partial charge in [-0.3, -0.25) is 0 Å². The molecule has 1 saturated heterocycles. The summed E-state index contributed by atoms with van der Waals surface area (Å²) in [4.78, 5) is 0. The number of fused-ring (bicyclic) bond motifs is 2. The van der Waals surface area contributed by atoms with E-state index in [1.165, 1.54) is 49.2 Å². The van der Waals surface area contributed by atoms with E-state index in [1.54, 1.807) is 11.0 Å². The first kappa shape index (κ1) is 26.0. The zero-order valence-corrected chi connectivity index (χ0v) is 25.6. The van der Waals surface area contributed by atoms with Crippen LogP contribution in [-0.4, -0.2) is 49.2 Å². The molecule has 2 atom stereocenters. The van der Waals surface area contributed by atoms with Gasteiger partial charge in [0.1, 0.15) is 0 Å². The van der Waals surface area contributed by atoms with Crippen LogP contribution in [0.5, 0.6) is 0 Å². The molecule has 1 aliphatic heterocycles. The Morgan fingerprint density at radius 2 is 1.39 bits per heavy atom. The van der Waals surface area contributed by atoms with Crippen LogP contribution in [0.25, 0.3) is 0 Å². The van der Waals surface area contributed by atoms with Gasteiger partial charge >= 0.3 is 216 Å². The van der Waals surface area contributed by atoms with Gasteiger partial charge in [0.05, 0.1) is 0 Å². The molecule has 3 aliphatic rings. The second-order valence-corrected chi connectivity index (χ2v) is 15.6. The molecule has 4 rings (SSSR count). The zero-order valence-electron chi connectivity index (χ0n) is 21.9. The average molecular weight is 549 g/mol. The Kier molecular flexibility index (Phi) is 8.29. The van der Waals surface area contributed by atoms with Crippen molar-refractivity contribution in [3.63, 3.8) is 0 Å². The molecule has 0 amide bonds. The monoisotopic (exact) mass is 549 g/mol. The summed E-state index contributed by atoms with van der Waals surface area (Å²) in [5.74, 6) is 2.44. The molecule has 0 N–H and O–H groups in total. The molecule has 6 heteroatoms. The van der Waals surface area contributed by atoms with E-state index in [2.05, 4.69) is 86.8 Å². The first-order chi connectivity index (χ1) is 15.7. The third-order valence-corrected chi connectivity index (χ3v) is 13.3. The standard InChI is InChI=1S/C27H43ClGeN3P/c1-17(2)23-10-9-11-24(18(3)4)26(23)32(29-28)25-21-12-13-22(16-21)27(25)33-30(19(5)6)14-15-31(33)20(7)8/h9-11,17-22H,12-16H2,1-8H3/t21-,22+/m0/s1. The van der Waals surface area contributed by atoms with E-state index in [1.807, 2.05) is 0 Å². The minimum absolute atomic E-state index is 0.419. The first-order valence-electron chi connectivity index (χ1n) is 13.0. The maximum absolute atomic E-state index is 7.04. The van der Waals surface area contributed by atoms with Gasteiger partial charge in [0.2, 0.25) is 0 Å². The van der Waals surface area contributed by atoms with Crippen LogP contribution in [0, 0.1) is 11.8 Å². The quantitative estimate of drug-likeness (QED) is 0.242. The Balaban J connectivity index is 1.92. The normalized spacial score (nSPS) is 24.6. The molecule has 182 valence electrons. The molecule has 2 aliphatic carbocycles. The molecule has 1 aromatic carbocycles. The van der Waals surface area contributed by atoms with Crippen molar-refractivity contribution >= 4 is 38.6 Å². The van der Waals surface area contributed by atoms with Gasteiger partial charge in [-0.2, -0.15) is 0 Å². The Morgan fingerprint density at radius 3 is 1.85 bits per heavy atom. The fourth-order valence-corrected chi connectivity index (χ4v) is 12.2. The SMILES string of the molecule is CC(C)c1cccc(C(C)C)c1[N]([Ge][Cl])C1=C(P2N(C(C)C)CCN2C(C)C)[C@@H]2CC[C@H]1C2. The van der Waals surface area contributed by atoms with Gasteiger partial charge in [0.25, 0.3) is 0 Å². The molecule has 0 spiro atoms. The second-order valence-electron chi connectivity index (χ2n) is 11.3. The average Bonchev–Trinajstić information content (AvgIpc) is 3.48. The van der Waals surface area contributed by atoms with Gasteiger partial charge in [-0.05, 0) is 0 Å². The molecule has 1 heterocycles. The van der Waals surface area contributed by atoms with Crippen LogP contribution in [0.15, 0.2) is 29.2 Å². The van der Waals surface area contributed by atoms with Crippen molar-refractivity contribution in [2.75, 3.05) is 16.9 Å².